The molecule has 0 radical (unpaired) electrons. The molecule has 0 saturated carbocycles. The van der Waals surface area contributed by atoms with Crippen LogP contribution in [0.25, 0.3) is 11.0 Å². The number of carboxylic acid groups (broad SMARTS) is 1. The second-order valence-electron chi connectivity index (χ2n) is 6.34. The number of hydrogen-bond donors (Lipinski definition) is 3. The topological polar surface area (TPSA) is 121 Å². The summed E-state index contributed by atoms with van der Waals surface area (Å²) in [6.07, 6.45) is 0. The zero-order valence-electron chi connectivity index (χ0n) is 15.5. The molecule has 1 aromatic heterocycles. The fraction of sp³-hybridized carbons (Fsp3) is 0. The summed E-state index contributed by atoms with van der Waals surface area (Å²) in [7, 11) is -3.90. The van der Waals surface area contributed by atoms with Crippen LogP contribution in [0.2, 0.25) is 0 Å². The largest absolute Gasteiger partial charge is 0.478 e. The number of sulfonamides is 1. The maximum Gasteiger partial charge on any atom is 0.335 e. The minimum Gasteiger partial charge on any atom is -0.478 e. The van der Waals surface area contributed by atoms with Crippen molar-refractivity contribution in [2.24, 2.45) is 0 Å². The van der Waals surface area contributed by atoms with E-state index in [1.54, 1.807) is 54.6 Å². The standard InChI is InChI=1S/C21H16N4O4S/c26-21(27)14-7-6-8-15(13-14)22-19-20(24-18-12-5-4-11-17(18)23-19)25-30(28,29)16-9-2-1-3-10-16/h1-13H,(H,22,23)(H,24,25)(H,26,27). The number of carbonyl (C=O) groups is 1. The number of rotatable bonds is 6. The number of nitrogens with one attached hydrogen (secondary N) is 2. The molecule has 3 N–H and O–H groups in total. The minimum absolute atomic E-state index is 0.00159. The molecule has 0 aliphatic carbocycles. The summed E-state index contributed by atoms with van der Waals surface area (Å²) in [4.78, 5) is 20.2. The molecule has 0 spiro atoms. The van der Waals surface area contributed by atoms with Crippen LogP contribution >= 0.6 is 0 Å². The Labute approximate surface area is 172 Å². The van der Waals surface area contributed by atoms with Gasteiger partial charge in [0.15, 0.2) is 11.6 Å². The first-order chi connectivity index (χ1) is 14.4. The molecule has 0 aliphatic heterocycles. The summed E-state index contributed by atoms with van der Waals surface area (Å²) in [6, 6.07) is 21.1. The first kappa shape index (κ1) is 19.3. The number of aromatic nitrogens is 2. The highest BCUT2D eigenvalue weighted by molar-refractivity contribution is 7.92. The van der Waals surface area contributed by atoms with Crippen LogP contribution in [0.1, 0.15) is 10.4 Å². The molecule has 0 atom stereocenters. The van der Waals surface area contributed by atoms with E-state index in [4.69, 9.17) is 0 Å². The number of anilines is 3. The van der Waals surface area contributed by atoms with Crippen LogP contribution in [0.4, 0.5) is 17.3 Å². The van der Waals surface area contributed by atoms with E-state index >= 15 is 0 Å². The monoisotopic (exact) mass is 420 g/mol. The first-order valence-electron chi connectivity index (χ1n) is 8.87. The summed E-state index contributed by atoms with van der Waals surface area (Å²) in [6.45, 7) is 0. The van der Waals surface area contributed by atoms with Crippen LogP contribution in [0, 0.1) is 0 Å². The maximum absolute atomic E-state index is 12.8. The van der Waals surface area contributed by atoms with Crippen molar-refractivity contribution in [3.05, 3.63) is 84.4 Å². The molecule has 150 valence electrons. The summed E-state index contributed by atoms with van der Waals surface area (Å²) in [5.74, 6) is -0.928. The van der Waals surface area contributed by atoms with E-state index in [9.17, 15) is 18.3 Å². The van der Waals surface area contributed by atoms with Gasteiger partial charge in [0.05, 0.1) is 21.5 Å². The lowest BCUT2D eigenvalue weighted by Crippen LogP contribution is -2.16. The van der Waals surface area contributed by atoms with E-state index in [1.165, 1.54) is 24.3 Å². The Kier molecular flexibility index (Phi) is 5.03. The molecule has 1 heterocycles. The smallest absolute Gasteiger partial charge is 0.335 e. The second-order valence-corrected chi connectivity index (χ2v) is 8.02. The molecule has 0 fully saturated rings. The van der Waals surface area contributed by atoms with Crippen LogP contribution < -0.4 is 10.0 Å². The van der Waals surface area contributed by atoms with Gasteiger partial charge in [-0.25, -0.2) is 23.2 Å². The van der Waals surface area contributed by atoms with Crippen molar-refractivity contribution in [1.29, 1.82) is 0 Å². The van der Waals surface area contributed by atoms with Crippen molar-refractivity contribution in [2.45, 2.75) is 4.90 Å². The molecule has 3 aromatic carbocycles. The highest BCUT2D eigenvalue weighted by atomic mass is 32.2. The number of aromatic carboxylic acids is 1. The SMILES string of the molecule is O=C(O)c1cccc(Nc2nc3ccccc3nc2NS(=O)(=O)c2ccccc2)c1. The van der Waals surface area contributed by atoms with E-state index in [0.29, 0.717) is 16.7 Å². The zero-order chi connectivity index (χ0) is 21.1. The highest BCUT2D eigenvalue weighted by Crippen LogP contribution is 2.27. The van der Waals surface area contributed by atoms with E-state index in [1.807, 2.05) is 0 Å². The van der Waals surface area contributed by atoms with Crippen molar-refractivity contribution in [2.75, 3.05) is 10.0 Å². The maximum atomic E-state index is 12.8. The number of carboxylic acids is 1. The predicted molar refractivity (Wildman–Crippen MR) is 113 cm³/mol. The number of nitrogens with zero attached hydrogens (tertiary/aromatic N) is 2. The fourth-order valence-corrected chi connectivity index (χ4v) is 3.84. The van der Waals surface area contributed by atoms with Gasteiger partial charge in [0.2, 0.25) is 0 Å². The van der Waals surface area contributed by atoms with Gasteiger partial charge in [-0.3, -0.25) is 4.72 Å². The van der Waals surface area contributed by atoms with Crippen molar-refractivity contribution in [1.82, 2.24) is 9.97 Å². The lowest BCUT2D eigenvalue weighted by molar-refractivity contribution is 0.0697. The van der Waals surface area contributed by atoms with Crippen LogP contribution in [0.5, 0.6) is 0 Å². The number of benzene rings is 3. The average Bonchev–Trinajstić information content (AvgIpc) is 2.75. The van der Waals surface area contributed by atoms with Crippen LogP contribution in [-0.4, -0.2) is 29.5 Å². The van der Waals surface area contributed by atoms with Crippen molar-refractivity contribution < 1.29 is 18.3 Å². The molecule has 0 saturated heterocycles. The van der Waals surface area contributed by atoms with E-state index in [-0.39, 0.29) is 22.1 Å². The van der Waals surface area contributed by atoms with Gasteiger partial charge in [-0.2, -0.15) is 0 Å². The molecule has 0 aliphatic rings. The summed E-state index contributed by atoms with van der Waals surface area (Å²) >= 11 is 0. The number of fused-ring (bicyclic) bond motifs is 1. The van der Waals surface area contributed by atoms with Gasteiger partial charge < -0.3 is 10.4 Å². The lowest BCUT2D eigenvalue weighted by Gasteiger charge is -2.14. The van der Waals surface area contributed by atoms with Gasteiger partial charge in [-0.15, -0.1) is 0 Å². The van der Waals surface area contributed by atoms with Gasteiger partial charge in [0, 0.05) is 5.69 Å². The van der Waals surface area contributed by atoms with Crippen molar-refractivity contribution in [3.8, 4) is 0 Å². The third-order valence-electron chi connectivity index (χ3n) is 4.23. The van der Waals surface area contributed by atoms with Gasteiger partial charge in [0.25, 0.3) is 10.0 Å². The molecule has 4 aromatic rings. The Bertz CT molecular complexity index is 1340. The molecule has 0 unspecified atom stereocenters. The minimum atomic E-state index is -3.90. The average molecular weight is 420 g/mol. The van der Waals surface area contributed by atoms with E-state index < -0.39 is 16.0 Å². The van der Waals surface area contributed by atoms with Gasteiger partial charge in [-0.1, -0.05) is 36.4 Å². The molecule has 8 nitrogen and oxygen atoms in total. The molecular weight excluding hydrogens is 404 g/mol. The second kappa shape index (κ2) is 7.80. The highest BCUT2D eigenvalue weighted by Gasteiger charge is 2.19. The molecule has 9 heteroatoms. The molecule has 0 amide bonds. The fourth-order valence-electron chi connectivity index (χ4n) is 2.81. The van der Waals surface area contributed by atoms with E-state index in [0.717, 1.165) is 0 Å². The molecule has 0 bridgehead atoms. The van der Waals surface area contributed by atoms with Gasteiger partial charge >= 0.3 is 5.97 Å². The molecule has 4 rings (SSSR count). The normalized spacial score (nSPS) is 11.2. The summed E-state index contributed by atoms with van der Waals surface area (Å²) < 4.78 is 28.1. The van der Waals surface area contributed by atoms with Crippen LogP contribution in [0.15, 0.2) is 83.8 Å². The van der Waals surface area contributed by atoms with Gasteiger partial charge in [-0.05, 0) is 42.5 Å². The molecule has 30 heavy (non-hydrogen) atoms. The van der Waals surface area contributed by atoms with E-state index in [2.05, 4.69) is 20.0 Å². The third-order valence-corrected chi connectivity index (χ3v) is 5.58. The quantitative estimate of drug-likeness (QED) is 0.433. The van der Waals surface area contributed by atoms with Crippen molar-refractivity contribution in [3.63, 3.8) is 0 Å². The predicted octanol–water partition coefficient (Wildman–Crippen LogP) is 3.87. The number of hydrogen-bond acceptors (Lipinski definition) is 6. The summed E-state index contributed by atoms with van der Waals surface area (Å²) in [5.41, 5.74) is 1.57. The Hall–Kier alpha value is -3.98. The lowest BCUT2D eigenvalue weighted by atomic mass is 10.2. The summed E-state index contributed by atoms with van der Waals surface area (Å²) in [5, 5.41) is 12.2. The van der Waals surface area contributed by atoms with Crippen molar-refractivity contribution >= 4 is 44.3 Å². The van der Waals surface area contributed by atoms with Crippen LogP contribution in [-0.2, 0) is 10.0 Å². The Morgan fingerprint density at radius 2 is 1.43 bits per heavy atom. The first-order valence-corrected chi connectivity index (χ1v) is 10.4. The Balaban J connectivity index is 1.78. The number of para-hydroxylation sites is 2. The zero-order valence-corrected chi connectivity index (χ0v) is 16.3. The Morgan fingerprint density at radius 1 is 0.800 bits per heavy atom. The molecular formula is C21H16N4O4S. The van der Waals surface area contributed by atoms with Crippen LogP contribution in [0.3, 0.4) is 0 Å². The van der Waals surface area contributed by atoms with Gasteiger partial charge in [0.1, 0.15) is 0 Å². The third kappa shape index (κ3) is 4.06. The Morgan fingerprint density at radius 3 is 2.10 bits per heavy atom.